The van der Waals surface area contributed by atoms with Crippen LogP contribution in [-0.4, -0.2) is 10.2 Å². The minimum atomic E-state index is -1.18. The molecule has 21 heavy (non-hydrogen) atoms. The summed E-state index contributed by atoms with van der Waals surface area (Å²) in [7, 11) is 0. The van der Waals surface area contributed by atoms with Crippen LogP contribution in [0.4, 0.5) is 0 Å². The molecule has 0 aliphatic carbocycles. The molecule has 2 aromatic rings. The predicted octanol–water partition coefficient (Wildman–Crippen LogP) is 4.40. The van der Waals surface area contributed by atoms with Crippen molar-refractivity contribution in [3.63, 3.8) is 0 Å². The van der Waals surface area contributed by atoms with Crippen LogP contribution in [0, 0.1) is 0 Å². The topological polar surface area (TPSA) is 40.5 Å². The number of hydrogen-bond acceptors (Lipinski definition) is 2. The molecule has 0 atom stereocenters. The van der Waals surface area contributed by atoms with E-state index in [-0.39, 0.29) is 5.75 Å². The predicted molar refractivity (Wildman–Crippen MR) is 87.1 cm³/mol. The van der Waals surface area contributed by atoms with Crippen molar-refractivity contribution in [1.82, 2.24) is 0 Å². The van der Waals surface area contributed by atoms with E-state index < -0.39 is 5.60 Å². The summed E-state index contributed by atoms with van der Waals surface area (Å²) in [6.45, 7) is 7.38. The number of hydrogen-bond donors (Lipinski definition) is 2. The minimum Gasteiger partial charge on any atom is -0.507 e. The van der Waals surface area contributed by atoms with Crippen LogP contribution in [0.3, 0.4) is 0 Å². The van der Waals surface area contributed by atoms with Crippen molar-refractivity contribution < 1.29 is 10.2 Å². The molecule has 0 aromatic heterocycles. The molecule has 0 amide bonds. The zero-order valence-electron chi connectivity index (χ0n) is 12.0. The molecule has 0 spiro atoms. The second-order valence-electron chi connectivity index (χ2n) is 5.08. The third-order valence-electron chi connectivity index (χ3n) is 3.59. The molecule has 0 bridgehead atoms. The monoisotopic (exact) mass is 280 g/mol. The molecule has 0 fully saturated rings. The number of para-hydroxylation sites is 1. The average molecular weight is 280 g/mol. The highest BCUT2D eigenvalue weighted by Gasteiger charge is 2.30. The van der Waals surface area contributed by atoms with E-state index in [0.717, 1.165) is 5.56 Å². The van der Waals surface area contributed by atoms with Crippen LogP contribution in [0.5, 0.6) is 5.75 Å². The molecule has 0 saturated heterocycles. The Hall–Kier alpha value is -2.32. The zero-order chi connectivity index (χ0) is 15.3. The smallest absolute Gasteiger partial charge is 0.129 e. The molecule has 2 aromatic carbocycles. The van der Waals surface area contributed by atoms with E-state index in [9.17, 15) is 10.2 Å². The maximum absolute atomic E-state index is 10.8. The minimum absolute atomic E-state index is 0.106. The molecule has 2 nitrogen and oxygen atoms in total. The van der Waals surface area contributed by atoms with E-state index >= 15 is 0 Å². The number of aliphatic hydroxyl groups is 1. The lowest BCUT2D eigenvalue weighted by atomic mass is 9.85. The lowest BCUT2D eigenvalue weighted by Crippen LogP contribution is -2.24. The van der Waals surface area contributed by atoms with Gasteiger partial charge in [0.15, 0.2) is 0 Å². The van der Waals surface area contributed by atoms with Crippen LogP contribution in [0.2, 0.25) is 0 Å². The lowest BCUT2D eigenvalue weighted by Gasteiger charge is -2.28. The largest absolute Gasteiger partial charge is 0.507 e. The first kappa shape index (κ1) is 15.1. The van der Waals surface area contributed by atoms with Crippen molar-refractivity contribution in [3.8, 4) is 16.9 Å². The van der Waals surface area contributed by atoms with Crippen molar-refractivity contribution >= 4 is 0 Å². The van der Waals surface area contributed by atoms with E-state index in [1.165, 1.54) is 0 Å². The van der Waals surface area contributed by atoms with E-state index in [1.807, 2.05) is 42.5 Å². The third-order valence-corrected chi connectivity index (χ3v) is 3.59. The Balaban J connectivity index is 2.55. The van der Waals surface area contributed by atoms with Crippen LogP contribution in [0.25, 0.3) is 11.1 Å². The van der Waals surface area contributed by atoms with E-state index in [2.05, 4.69) is 13.2 Å². The Morgan fingerprint density at radius 3 is 2.10 bits per heavy atom. The molecule has 0 heterocycles. The summed E-state index contributed by atoms with van der Waals surface area (Å²) in [4.78, 5) is 0. The maximum atomic E-state index is 10.8. The molecule has 0 unspecified atom stereocenters. The Morgan fingerprint density at radius 2 is 1.52 bits per heavy atom. The van der Waals surface area contributed by atoms with Gasteiger partial charge in [-0.05, 0) is 18.4 Å². The molecule has 2 rings (SSSR count). The first-order valence-electron chi connectivity index (χ1n) is 6.94. The van der Waals surface area contributed by atoms with Crippen molar-refractivity contribution in [2.75, 3.05) is 0 Å². The van der Waals surface area contributed by atoms with Crippen molar-refractivity contribution in [3.05, 3.63) is 79.4 Å². The molecule has 0 aliphatic rings. The molecule has 0 radical (unpaired) electrons. The summed E-state index contributed by atoms with van der Waals surface area (Å²) < 4.78 is 0. The second kappa shape index (κ2) is 6.42. The molecular formula is C19H20O2. The van der Waals surface area contributed by atoms with Gasteiger partial charge in [-0.3, -0.25) is 0 Å². The van der Waals surface area contributed by atoms with Crippen molar-refractivity contribution in [2.45, 2.75) is 18.4 Å². The highest BCUT2D eigenvalue weighted by atomic mass is 16.3. The van der Waals surface area contributed by atoms with Crippen LogP contribution in [0.1, 0.15) is 18.4 Å². The first-order chi connectivity index (χ1) is 10.1. The van der Waals surface area contributed by atoms with E-state index in [4.69, 9.17) is 0 Å². The van der Waals surface area contributed by atoms with Gasteiger partial charge in [0.25, 0.3) is 0 Å². The summed E-state index contributed by atoms with van der Waals surface area (Å²) in [5.41, 5.74) is 0.943. The second-order valence-corrected chi connectivity index (χ2v) is 5.08. The van der Waals surface area contributed by atoms with E-state index in [0.29, 0.717) is 24.0 Å². The normalized spacial score (nSPS) is 11.1. The molecule has 108 valence electrons. The van der Waals surface area contributed by atoms with Gasteiger partial charge >= 0.3 is 0 Å². The van der Waals surface area contributed by atoms with Crippen molar-refractivity contribution in [2.24, 2.45) is 0 Å². The van der Waals surface area contributed by atoms with E-state index in [1.54, 1.807) is 18.2 Å². The van der Waals surface area contributed by atoms with Crippen LogP contribution < -0.4 is 0 Å². The first-order valence-corrected chi connectivity index (χ1v) is 6.94. The Labute approximate surface area is 125 Å². The van der Waals surface area contributed by atoms with Crippen molar-refractivity contribution in [1.29, 1.82) is 0 Å². The summed E-state index contributed by atoms with van der Waals surface area (Å²) in [6.07, 6.45) is 4.01. The van der Waals surface area contributed by atoms with Gasteiger partial charge in [0.1, 0.15) is 11.4 Å². The maximum Gasteiger partial charge on any atom is 0.129 e. The van der Waals surface area contributed by atoms with Gasteiger partial charge in [0, 0.05) is 11.1 Å². The van der Waals surface area contributed by atoms with Gasteiger partial charge in [-0.2, -0.15) is 0 Å². The van der Waals surface area contributed by atoms with Crippen LogP contribution in [-0.2, 0) is 5.60 Å². The fourth-order valence-corrected chi connectivity index (χ4v) is 2.55. The summed E-state index contributed by atoms with van der Waals surface area (Å²) in [6, 6.07) is 15.1. The van der Waals surface area contributed by atoms with Crippen LogP contribution >= 0.6 is 0 Å². The summed E-state index contributed by atoms with van der Waals surface area (Å²) >= 11 is 0. The van der Waals surface area contributed by atoms with Gasteiger partial charge in [0.2, 0.25) is 0 Å². The Kier molecular flexibility index (Phi) is 4.61. The molecule has 0 aliphatic heterocycles. The number of aromatic hydroxyl groups is 1. The fourth-order valence-electron chi connectivity index (χ4n) is 2.55. The van der Waals surface area contributed by atoms with Crippen LogP contribution in [0.15, 0.2) is 73.8 Å². The number of phenols is 1. The molecular weight excluding hydrogens is 260 g/mol. The van der Waals surface area contributed by atoms with Gasteiger partial charge in [-0.1, -0.05) is 60.7 Å². The van der Waals surface area contributed by atoms with Gasteiger partial charge < -0.3 is 10.2 Å². The van der Waals surface area contributed by atoms with Gasteiger partial charge in [-0.25, -0.2) is 0 Å². The van der Waals surface area contributed by atoms with Gasteiger partial charge in [0.05, 0.1) is 0 Å². The highest BCUT2D eigenvalue weighted by molar-refractivity contribution is 5.72. The SMILES string of the molecule is C=CCC(O)(CC=C)c1cccc(-c2ccccc2)c1O. The molecule has 2 N–H and O–H groups in total. The third kappa shape index (κ3) is 3.06. The molecule has 2 heteroatoms. The summed E-state index contributed by atoms with van der Waals surface area (Å²) in [5.74, 6) is 0.106. The Bertz CT molecular complexity index is 619. The number of rotatable bonds is 6. The standard InChI is InChI=1S/C19H20O2/c1-3-13-19(21,14-4-2)17-12-8-11-16(18(17)20)15-9-6-5-7-10-15/h3-12,20-21H,1-2,13-14H2. The zero-order valence-corrected chi connectivity index (χ0v) is 12.0. The average Bonchev–Trinajstić information content (AvgIpc) is 2.49. The quantitative estimate of drug-likeness (QED) is 0.770. The Morgan fingerprint density at radius 1 is 0.905 bits per heavy atom. The van der Waals surface area contributed by atoms with Gasteiger partial charge in [-0.15, -0.1) is 13.2 Å². The fraction of sp³-hybridized carbons (Fsp3) is 0.158. The lowest BCUT2D eigenvalue weighted by molar-refractivity contribution is 0.0407. The number of benzene rings is 2. The summed E-state index contributed by atoms with van der Waals surface area (Å²) in [5, 5.41) is 21.4. The highest BCUT2D eigenvalue weighted by Crippen LogP contribution is 2.40. The molecule has 0 saturated carbocycles. The number of phenolic OH excluding ortho intramolecular Hbond substituents is 1.